The van der Waals surface area contributed by atoms with Gasteiger partial charge in [0.2, 0.25) is 5.91 Å². The van der Waals surface area contributed by atoms with E-state index >= 15 is 0 Å². The van der Waals surface area contributed by atoms with Crippen LogP contribution in [-0.2, 0) is 11.3 Å². The first kappa shape index (κ1) is 23.8. The van der Waals surface area contributed by atoms with Crippen LogP contribution in [0.4, 0.5) is 5.13 Å². The Hall–Kier alpha value is -3.96. The predicted octanol–water partition coefficient (Wildman–Crippen LogP) is 4.75. The van der Waals surface area contributed by atoms with Gasteiger partial charge in [-0.2, -0.15) is 0 Å². The van der Waals surface area contributed by atoms with Crippen LogP contribution in [-0.4, -0.2) is 37.3 Å². The summed E-state index contributed by atoms with van der Waals surface area (Å²) in [6.45, 7) is 4.18. The maximum absolute atomic E-state index is 12.7. The van der Waals surface area contributed by atoms with Crippen molar-refractivity contribution in [3.05, 3.63) is 83.6 Å². The van der Waals surface area contributed by atoms with Gasteiger partial charge in [0.1, 0.15) is 0 Å². The fourth-order valence-corrected chi connectivity index (χ4v) is 5.24. The largest absolute Gasteiger partial charge is 0.459 e. The number of carbonyl (C=O) groups excluding carboxylic acids is 2. The topological polar surface area (TPSA) is 115 Å². The van der Waals surface area contributed by atoms with Crippen molar-refractivity contribution >= 4 is 50.3 Å². The molecule has 3 heterocycles. The van der Waals surface area contributed by atoms with Crippen LogP contribution in [0.2, 0.25) is 0 Å². The summed E-state index contributed by atoms with van der Waals surface area (Å²) in [5, 5.41) is 15.4. The molecule has 5 aromatic rings. The standard InChI is InChI=1S/C25H22N6O3S2/c1-15-7-5-9-18(16(15)2)31-21(13-26-23(33)19-10-6-12-34-19)29-30-25(31)35-14-22(32)28-24-27-17-8-3-4-11-20(17)36-24/h3-12H,13-14H2,1-2H3,(H,26,33)(H,27,28,32). The molecular weight excluding hydrogens is 496 g/mol. The van der Waals surface area contributed by atoms with Gasteiger partial charge in [0.05, 0.1) is 34.5 Å². The van der Waals surface area contributed by atoms with Gasteiger partial charge >= 0.3 is 0 Å². The Morgan fingerprint density at radius 3 is 2.72 bits per heavy atom. The molecule has 9 nitrogen and oxygen atoms in total. The molecule has 0 spiro atoms. The molecule has 2 aromatic carbocycles. The first-order chi connectivity index (χ1) is 17.5. The highest BCUT2D eigenvalue weighted by Crippen LogP contribution is 2.28. The van der Waals surface area contributed by atoms with Gasteiger partial charge in [-0.05, 0) is 55.3 Å². The maximum Gasteiger partial charge on any atom is 0.287 e. The number of hydrogen-bond acceptors (Lipinski definition) is 8. The van der Waals surface area contributed by atoms with Crippen molar-refractivity contribution < 1.29 is 14.0 Å². The highest BCUT2D eigenvalue weighted by atomic mass is 32.2. The van der Waals surface area contributed by atoms with E-state index < -0.39 is 0 Å². The van der Waals surface area contributed by atoms with Crippen LogP contribution >= 0.6 is 23.1 Å². The van der Waals surface area contributed by atoms with Crippen molar-refractivity contribution in [2.75, 3.05) is 11.1 Å². The Bertz CT molecular complexity index is 1510. The molecule has 11 heteroatoms. The second-order valence-corrected chi connectivity index (χ2v) is 9.91. The lowest BCUT2D eigenvalue weighted by Crippen LogP contribution is -2.24. The lowest BCUT2D eigenvalue weighted by Gasteiger charge is -2.14. The van der Waals surface area contributed by atoms with E-state index in [1.54, 1.807) is 12.1 Å². The molecule has 0 atom stereocenters. The average Bonchev–Trinajstić information content (AvgIpc) is 3.62. The van der Waals surface area contributed by atoms with Crippen molar-refractivity contribution in [3.8, 4) is 5.69 Å². The molecular formula is C25H22N6O3S2. The number of thioether (sulfide) groups is 1. The average molecular weight is 519 g/mol. The van der Waals surface area contributed by atoms with E-state index in [1.165, 1.54) is 29.4 Å². The van der Waals surface area contributed by atoms with Crippen molar-refractivity contribution in [3.63, 3.8) is 0 Å². The first-order valence-corrected chi connectivity index (χ1v) is 12.9. The zero-order valence-corrected chi connectivity index (χ0v) is 21.2. The lowest BCUT2D eigenvalue weighted by molar-refractivity contribution is -0.113. The van der Waals surface area contributed by atoms with Gasteiger partial charge in [-0.15, -0.1) is 10.2 Å². The van der Waals surface area contributed by atoms with E-state index in [1.807, 2.05) is 60.9 Å². The lowest BCUT2D eigenvalue weighted by atomic mass is 10.1. The molecule has 5 rings (SSSR count). The molecule has 0 saturated heterocycles. The number of nitrogens with one attached hydrogen (secondary N) is 2. The van der Waals surface area contributed by atoms with Crippen LogP contribution in [0.1, 0.15) is 27.5 Å². The maximum atomic E-state index is 12.7. The Morgan fingerprint density at radius 2 is 1.92 bits per heavy atom. The summed E-state index contributed by atoms with van der Waals surface area (Å²) in [6.07, 6.45) is 1.45. The van der Waals surface area contributed by atoms with Gasteiger partial charge in [-0.3, -0.25) is 14.2 Å². The number of rotatable bonds is 8. The summed E-state index contributed by atoms with van der Waals surface area (Å²) >= 11 is 2.70. The number of thiazole rings is 1. The summed E-state index contributed by atoms with van der Waals surface area (Å²) < 4.78 is 8.05. The van der Waals surface area contributed by atoms with E-state index in [2.05, 4.69) is 25.8 Å². The number of carbonyl (C=O) groups is 2. The number of para-hydroxylation sites is 1. The van der Waals surface area contributed by atoms with Crippen molar-refractivity contribution in [1.29, 1.82) is 0 Å². The van der Waals surface area contributed by atoms with E-state index in [0.717, 1.165) is 27.0 Å². The summed E-state index contributed by atoms with van der Waals surface area (Å²) in [5.41, 5.74) is 3.89. The molecule has 36 heavy (non-hydrogen) atoms. The van der Waals surface area contributed by atoms with Crippen LogP contribution in [0.15, 0.2) is 70.4 Å². The number of furan rings is 1. The molecule has 2 amide bonds. The molecule has 182 valence electrons. The van der Waals surface area contributed by atoms with Gasteiger partial charge in [0.15, 0.2) is 21.9 Å². The fourth-order valence-electron chi connectivity index (χ4n) is 3.59. The van der Waals surface area contributed by atoms with Gasteiger partial charge in [-0.1, -0.05) is 47.4 Å². The number of aryl methyl sites for hydroxylation is 1. The van der Waals surface area contributed by atoms with Crippen LogP contribution < -0.4 is 10.6 Å². The number of anilines is 1. The number of benzene rings is 2. The van der Waals surface area contributed by atoms with Gasteiger partial charge in [0.25, 0.3) is 5.91 Å². The van der Waals surface area contributed by atoms with Gasteiger partial charge < -0.3 is 15.1 Å². The number of aromatic nitrogens is 4. The highest BCUT2D eigenvalue weighted by molar-refractivity contribution is 7.99. The van der Waals surface area contributed by atoms with Gasteiger partial charge in [0, 0.05) is 0 Å². The fraction of sp³-hybridized carbons (Fsp3) is 0.160. The Kier molecular flexibility index (Phi) is 6.83. The number of hydrogen-bond donors (Lipinski definition) is 2. The Labute approximate surface area is 215 Å². The SMILES string of the molecule is Cc1cccc(-n2c(CNC(=O)c3ccco3)nnc2SCC(=O)Nc2nc3ccccc3s2)c1C. The molecule has 0 radical (unpaired) electrons. The van der Waals surface area contributed by atoms with Crippen LogP contribution in [0.5, 0.6) is 0 Å². The predicted molar refractivity (Wildman–Crippen MR) is 140 cm³/mol. The molecule has 0 aliphatic rings. The highest BCUT2D eigenvalue weighted by Gasteiger charge is 2.19. The molecule has 0 aliphatic carbocycles. The van der Waals surface area contributed by atoms with Crippen LogP contribution in [0, 0.1) is 13.8 Å². The molecule has 0 fully saturated rings. The summed E-state index contributed by atoms with van der Waals surface area (Å²) in [7, 11) is 0. The van der Waals surface area contributed by atoms with E-state index in [0.29, 0.717) is 16.1 Å². The zero-order valence-electron chi connectivity index (χ0n) is 19.5. The first-order valence-electron chi connectivity index (χ1n) is 11.1. The second kappa shape index (κ2) is 10.3. The van der Waals surface area contributed by atoms with Crippen LogP contribution in [0.3, 0.4) is 0 Å². The zero-order chi connectivity index (χ0) is 25.1. The molecule has 3 aromatic heterocycles. The van der Waals surface area contributed by atoms with Gasteiger partial charge in [-0.25, -0.2) is 4.98 Å². The number of amides is 2. The summed E-state index contributed by atoms with van der Waals surface area (Å²) in [6, 6.07) is 16.9. The molecule has 0 bridgehead atoms. The molecule has 0 saturated carbocycles. The van der Waals surface area contributed by atoms with E-state index in [4.69, 9.17) is 4.42 Å². The normalized spacial score (nSPS) is 11.1. The van der Waals surface area contributed by atoms with Crippen LogP contribution in [0.25, 0.3) is 15.9 Å². The summed E-state index contributed by atoms with van der Waals surface area (Å²) in [4.78, 5) is 29.5. The van der Waals surface area contributed by atoms with Crippen molar-refractivity contribution in [2.45, 2.75) is 25.5 Å². The number of fused-ring (bicyclic) bond motifs is 1. The van der Waals surface area contributed by atoms with Crippen molar-refractivity contribution in [2.24, 2.45) is 0 Å². The minimum absolute atomic E-state index is 0.123. The smallest absolute Gasteiger partial charge is 0.287 e. The van der Waals surface area contributed by atoms with Crippen molar-refractivity contribution in [1.82, 2.24) is 25.1 Å². The Morgan fingerprint density at radius 1 is 1.06 bits per heavy atom. The minimum atomic E-state index is -0.347. The van der Waals surface area contributed by atoms with E-state index in [9.17, 15) is 9.59 Å². The molecule has 2 N–H and O–H groups in total. The minimum Gasteiger partial charge on any atom is -0.459 e. The third-order valence-corrected chi connectivity index (χ3v) is 7.42. The molecule has 0 aliphatic heterocycles. The van der Waals surface area contributed by atoms with E-state index in [-0.39, 0.29) is 29.9 Å². The molecule has 0 unspecified atom stereocenters. The summed E-state index contributed by atoms with van der Waals surface area (Å²) in [5.74, 6) is 0.339. The monoisotopic (exact) mass is 518 g/mol. The number of nitrogens with zero attached hydrogens (tertiary/aromatic N) is 4. The third-order valence-electron chi connectivity index (χ3n) is 5.54. The second-order valence-electron chi connectivity index (χ2n) is 7.94. The Balaban J connectivity index is 1.35. The third kappa shape index (κ3) is 5.02. The quantitative estimate of drug-likeness (QED) is 0.285.